The van der Waals surface area contributed by atoms with Crippen LogP contribution in [0.2, 0.25) is 0 Å². The molecular weight excluding hydrogens is 556 g/mol. The Labute approximate surface area is 265 Å². The van der Waals surface area contributed by atoms with Gasteiger partial charge in [-0.15, -0.1) is 0 Å². The van der Waals surface area contributed by atoms with E-state index < -0.39 is 23.9 Å². The van der Waals surface area contributed by atoms with Crippen LogP contribution in [-0.4, -0.2) is 54.9 Å². The fourth-order valence-electron chi connectivity index (χ4n) is 5.71. The normalized spacial score (nSPS) is 15.5. The Morgan fingerprint density at radius 2 is 1.52 bits per heavy atom. The first-order valence-corrected chi connectivity index (χ1v) is 17.1. The van der Waals surface area contributed by atoms with Gasteiger partial charge in [-0.1, -0.05) is 90.7 Å². The molecule has 248 valence electrons. The Bertz CT molecular complexity index is 993. The molecule has 0 spiro atoms. The molecule has 4 amide bonds. The predicted octanol–water partition coefficient (Wildman–Crippen LogP) is 5.35. The number of hydrogen-bond donors (Lipinski definition) is 4. The summed E-state index contributed by atoms with van der Waals surface area (Å²) in [6.07, 6.45) is 15.2. The molecule has 44 heavy (non-hydrogen) atoms. The topological polar surface area (TPSA) is 126 Å². The van der Waals surface area contributed by atoms with Crippen molar-refractivity contribution in [1.29, 1.82) is 0 Å². The molecular formula is C35H58N4O5. The predicted molar refractivity (Wildman–Crippen MR) is 175 cm³/mol. The SMILES string of the molecule is CCCCCC(NC(=O)C(CC)NC(=O)CNC(=O)CC)C(=O)NC(C)Cc1ccc(OCCCCC2CCCCC2)cc1. The van der Waals surface area contributed by atoms with Gasteiger partial charge in [-0.2, -0.15) is 0 Å². The Balaban J connectivity index is 1.81. The fraction of sp³-hybridized carbons (Fsp3) is 0.714. The standard InChI is InChI=1S/C35H58N4O5/c1-5-8-10-18-31(39-34(42)30(6-2)38-33(41)25-36-32(40)7-3)35(43)37-26(4)24-28-19-21-29(22-20-28)44-23-14-13-17-27-15-11-9-12-16-27/h19-22,26-27,30-31H,5-18,23-25H2,1-4H3,(H,36,40)(H,37,43)(H,38,41)(H,39,42). The summed E-state index contributed by atoms with van der Waals surface area (Å²) >= 11 is 0. The molecule has 9 nitrogen and oxygen atoms in total. The van der Waals surface area contributed by atoms with Gasteiger partial charge in [-0.05, 0) is 62.6 Å². The van der Waals surface area contributed by atoms with E-state index in [1.54, 1.807) is 13.8 Å². The van der Waals surface area contributed by atoms with Crippen LogP contribution < -0.4 is 26.0 Å². The minimum atomic E-state index is -0.794. The number of carbonyl (C=O) groups excluding carboxylic acids is 4. The quantitative estimate of drug-likeness (QED) is 0.139. The summed E-state index contributed by atoms with van der Waals surface area (Å²) in [5.74, 6) is 0.468. The van der Waals surface area contributed by atoms with Crippen molar-refractivity contribution in [2.45, 2.75) is 142 Å². The van der Waals surface area contributed by atoms with E-state index in [0.717, 1.165) is 49.5 Å². The number of ether oxygens (including phenoxy) is 1. The molecule has 3 atom stereocenters. The summed E-state index contributed by atoms with van der Waals surface area (Å²) < 4.78 is 5.96. The van der Waals surface area contributed by atoms with Crippen LogP contribution in [0.15, 0.2) is 24.3 Å². The first kappa shape index (κ1) is 37.1. The highest BCUT2D eigenvalue weighted by Crippen LogP contribution is 2.27. The van der Waals surface area contributed by atoms with Crippen LogP contribution in [0.25, 0.3) is 0 Å². The van der Waals surface area contributed by atoms with E-state index in [1.165, 1.54) is 44.9 Å². The Morgan fingerprint density at radius 3 is 2.18 bits per heavy atom. The zero-order valence-corrected chi connectivity index (χ0v) is 27.7. The van der Waals surface area contributed by atoms with E-state index in [-0.39, 0.29) is 30.8 Å². The molecule has 0 heterocycles. The molecule has 9 heteroatoms. The van der Waals surface area contributed by atoms with Gasteiger partial charge >= 0.3 is 0 Å². The number of nitrogens with one attached hydrogen (secondary N) is 4. The Morgan fingerprint density at radius 1 is 0.818 bits per heavy atom. The third-order valence-corrected chi connectivity index (χ3v) is 8.41. The van der Waals surface area contributed by atoms with Gasteiger partial charge in [-0.3, -0.25) is 19.2 Å². The zero-order chi connectivity index (χ0) is 32.2. The first-order chi connectivity index (χ1) is 21.2. The molecule has 2 rings (SSSR count). The average Bonchev–Trinajstić information content (AvgIpc) is 3.02. The van der Waals surface area contributed by atoms with Gasteiger partial charge in [0.15, 0.2) is 0 Å². The average molecular weight is 615 g/mol. The largest absolute Gasteiger partial charge is 0.494 e. The monoisotopic (exact) mass is 614 g/mol. The second-order valence-corrected chi connectivity index (χ2v) is 12.3. The summed E-state index contributed by atoms with van der Waals surface area (Å²) in [4.78, 5) is 50.0. The van der Waals surface area contributed by atoms with Crippen molar-refractivity contribution in [3.05, 3.63) is 29.8 Å². The van der Waals surface area contributed by atoms with E-state index >= 15 is 0 Å². The van der Waals surface area contributed by atoms with E-state index in [4.69, 9.17) is 4.74 Å². The van der Waals surface area contributed by atoms with Crippen molar-refractivity contribution >= 4 is 23.6 Å². The lowest BCUT2D eigenvalue weighted by molar-refractivity contribution is -0.132. The lowest BCUT2D eigenvalue weighted by Crippen LogP contribution is -2.55. The Hall–Kier alpha value is -3.10. The number of amides is 4. The molecule has 4 N–H and O–H groups in total. The van der Waals surface area contributed by atoms with Gasteiger partial charge in [0.25, 0.3) is 0 Å². The highest BCUT2D eigenvalue weighted by Gasteiger charge is 2.26. The molecule has 1 fully saturated rings. The van der Waals surface area contributed by atoms with Gasteiger partial charge in [0.05, 0.1) is 13.2 Å². The summed E-state index contributed by atoms with van der Waals surface area (Å²) in [7, 11) is 0. The van der Waals surface area contributed by atoms with Gasteiger partial charge in [0.1, 0.15) is 17.8 Å². The number of unbranched alkanes of at least 4 members (excludes halogenated alkanes) is 3. The van der Waals surface area contributed by atoms with Gasteiger partial charge in [-0.25, -0.2) is 0 Å². The lowest BCUT2D eigenvalue weighted by Gasteiger charge is -2.24. The number of rotatable bonds is 21. The van der Waals surface area contributed by atoms with Gasteiger partial charge in [0.2, 0.25) is 23.6 Å². The molecule has 1 aliphatic carbocycles. The molecule has 0 saturated heterocycles. The van der Waals surface area contributed by atoms with Crippen molar-refractivity contribution in [3.8, 4) is 5.75 Å². The van der Waals surface area contributed by atoms with Crippen LogP contribution in [0.3, 0.4) is 0 Å². The molecule has 1 aromatic rings. The van der Waals surface area contributed by atoms with Crippen molar-refractivity contribution in [1.82, 2.24) is 21.3 Å². The third-order valence-electron chi connectivity index (χ3n) is 8.41. The second-order valence-electron chi connectivity index (χ2n) is 12.3. The summed E-state index contributed by atoms with van der Waals surface area (Å²) in [5, 5.41) is 11.1. The molecule has 0 radical (unpaired) electrons. The van der Waals surface area contributed by atoms with Gasteiger partial charge < -0.3 is 26.0 Å². The smallest absolute Gasteiger partial charge is 0.243 e. The van der Waals surface area contributed by atoms with Crippen LogP contribution in [0.1, 0.15) is 123 Å². The Kier molecular flexibility index (Phi) is 18.2. The van der Waals surface area contributed by atoms with Crippen LogP contribution >= 0.6 is 0 Å². The number of benzene rings is 1. The van der Waals surface area contributed by atoms with E-state index in [1.807, 2.05) is 31.2 Å². The number of carbonyl (C=O) groups is 4. The summed E-state index contributed by atoms with van der Waals surface area (Å²) in [5.41, 5.74) is 1.10. The maximum Gasteiger partial charge on any atom is 0.243 e. The van der Waals surface area contributed by atoms with Crippen LogP contribution in [0.5, 0.6) is 5.75 Å². The summed E-state index contributed by atoms with van der Waals surface area (Å²) in [6, 6.07) is 6.44. The lowest BCUT2D eigenvalue weighted by atomic mass is 9.86. The highest BCUT2D eigenvalue weighted by molar-refractivity contribution is 5.93. The van der Waals surface area contributed by atoms with Gasteiger partial charge in [0, 0.05) is 12.5 Å². The zero-order valence-electron chi connectivity index (χ0n) is 27.7. The van der Waals surface area contributed by atoms with Crippen molar-refractivity contribution in [2.24, 2.45) is 5.92 Å². The highest BCUT2D eigenvalue weighted by atomic mass is 16.5. The molecule has 1 saturated carbocycles. The van der Waals surface area contributed by atoms with Crippen LogP contribution in [0.4, 0.5) is 0 Å². The van der Waals surface area contributed by atoms with E-state index in [9.17, 15) is 19.2 Å². The first-order valence-electron chi connectivity index (χ1n) is 17.1. The van der Waals surface area contributed by atoms with Crippen molar-refractivity contribution in [2.75, 3.05) is 13.2 Å². The third kappa shape index (κ3) is 15.1. The minimum absolute atomic E-state index is 0.136. The molecule has 1 aromatic carbocycles. The maximum atomic E-state index is 13.3. The number of hydrogen-bond acceptors (Lipinski definition) is 5. The molecule has 0 aliphatic heterocycles. The molecule has 3 unspecified atom stereocenters. The van der Waals surface area contributed by atoms with Crippen molar-refractivity contribution in [3.63, 3.8) is 0 Å². The molecule has 1 aliphatic rings. The summed E-state index contributed by atoms with van der Waals surface area (Å²) in [6.45, 7) is 8.08. The minimum Gasteiger partial charge on any atom is -0.494 e. The van der Waals surface area contributed by atoms with E-state index in [0.29, 0.717) is 19.3 Å². The fourth-order valence-corrected chi connectivity index (χ4v) is 5.71. The second kappa shape index (κ2) is 21.6. The van der Waals surface area contributed by atoms with Crippen LogP contribution in [-0.2, 0) is 25.6 Å². The maximum absolute atomic E-state index is 13.3. The molecule has 0 aromatic heterocycles. The van der Waals surface area contributed by atoms with E-state index in [2.05, 4.69) is 28.2 Å². The van der Waals surface area contributed by atoms with Crippen LogP contribution in [0, 0.1) is 5.92 Å². The van der Waals surface area contributed by atoms with Crippen molar-refractivity contribution < 1.29 is 23.9 Å². The molecule has 0 bridgehead atoms.